The molecule has 0 aromatic rings. The van der Waals surface area contributed by atoms with Crippen LogP contribution >= 0.6 is 0 Å². The van der Waals surface area contributed by atoms with Gasteiger partial charge in [0.15, 0.2) is 0 Å². The van der Waals surface area contributed by atoms with E-state index in [2.05, 4.69) is 0 Å². The Balaban J connectivity index is 3.01. The van der Waals surface area contributed by atoms with Gasteiger partial charge in [-0.2, -0.15) is 0 Å². The third-order valence-electron chi connectivity index (χ3n) is 2.49. The van der Waals surface area contributed by atoms with E-state index in [1.807, 2.05) is 6.92 Å². The molecule has 7 nitrogen and oxygen atoms in total. The zero-order valence-corrected chi connectivity index (χ0v) is 13.8. The van der Waals surface area contributed by atoms with Crippen molar-refractivity contribution in [1.82, 2.24) is 0 Å². The lowest BCUT2D eigenvalue weighted by atomic mass is 10.3. The average molecular weight is 322 g/mol. The van der Waals surface area contributed by atoms with Crippen LogP contribution in [0.2, 0.25) is 0 Å². The lowest BCUT2D eigenvalue weighted by Crippen LogP contribution is -2.14. The van der Waals surface area contributed by atoms with Crippen molar-refractivity contribution in [2.24, 2.45) is 0 Å². The monoisotopic (exact) mass is 322 g/mol. The zero-order valence-electron chi connectivity index (χ0n) is 13.8. The Kier molecular flexibility index (Phi) is 17.7. The molecular weight excluding hydrogens is 292 g/mol. The van der Waals surface area contributed by atoms with Crippen molar-refractivity contribution in [3.05, 3.63) is 0 Å². The molecule has 0 aromatic carbocycles. The van der Waals surface area contributed by atoms with Crippen LogP contribution in [0.15, 0.2) is 0 Å². The molecule has 0 fully saturated rings. The fourth-order valence-corrected chi connectivity index (χ4v) is 1.39. The third-order valence-corrected chi connectivity index (χ3v) is 2.49. The highest BCUT2D eigenvalue weighted by molar-refractivity contribution is 5.69. The molecule has 0 radical (unpaired) electrons. The minimum atomic E-state index is -0.175. The van der Waals surface area contributed by atoms with Crippen molar-refractivity contribution in [2.45, 2.75) is 19.8 Å². The lowest BCUT2D eigenvalue weighted by Gasteiger charge is -2.07. The second-order valence-electron chi connectivity index (χ2n) is 4.41. The van der Waals surface area contributed by atoms with Crippen molar-refractivity contribution < 1.29 is 33.2 Å². The summed E-state index contributed by atoms with van der Waals surface area (Å²) in [4.78, 5) is 11.0. The van der Waals surface area contributed by atoms with Gasteiger partial charge in [-0.05, 0) is 6.42 Å². The van der Waals surface area contributed by atoms with Gasteiger partial charge in [-0.15, -0.1) is 0 Å². The van der Waals surface area contributed by atoms with Gasteiger partial charge in [0, 0.05) is 13.5 Å². The summed E-state index contributed by atoms with van der Waals surface area (Å²) in [6.07, 6.45) is 1.26. The third kappa shape index (κ3) is 17.3. The molecule has 132 valence electrons. The molecule has 0 N–H and O–H groups in total. The molecule has 22 heavy (non-hydrogen) atoms. The van der Waals surface area contributed by atoms with E-state index >= 15 is 0 Å². The van der Waals surface area contributed by atoms with Crippen molar-refractivity contribution in [2.75, 3.05) is 73.2 Å². The summed E-state index contributed by atoms with van der Waals surface area (Å²) in [5, 5.41) is 0. The van der Waals surface area contributed by atoms with Crippen LogP contribution in [0.4, 0.5) is 0 Å². The molecule has 0 spiro atoms. The maximum Gasteiger partial charge on any atom is 0.305 e. The number of carbonyl (C=O) groups excluding carboxylic acids is 1. The number of ether oxygens (including phenoxy) is 6. The molecule has 0 heterocycles. The number of hydrogen-bond acceptors (Lipinski definition) is 7. The van der Waals surface area contributed by atoms with Crippen LogP contribution in [0, 0.1) is 0 Å². The van der Waals surface area contributed by atoms with Gasteiger partial charge in [-0.1, -0.05) is 6.92 Å². The molecule has 0 atom stereocenters. The van der Waals surface area contributed by atoms with E-state index in [0.29, 0.717) is 72.5 Å². The minimum absolute atomic E-state index is 0.175. The number of hydrogen-bond donors (Lipinski definition) is 0. The Morgan fingerprint density at radius 3 is 1.50 bits per heavy atom. The molecule has 0 rings (SSSR count). The van der Waals surface area contributed by atoms with Crippen LogP contribution in [-0.2, 0) is 33.2 Å². The zero-order chi connectivity index (χ0) is 16.3. The largest absolute Gasteiger partial charge is 0.463 e. The number of methoxy groups -OCH3 is 1. The second-order valence-corrected chi connectivity index (χ2v) is 4.41. The van der Waals surface area contributed by atoms with Crippen LogP contribution < -0.4 is 0 Å². The Hall–Kier alpha value is -0.730. The Morgan fingerprint density at radius 1 is 0.682 bits per heavy atom. The predicted octanol–water partition coefficient (Wildman–Crippen LogP) is 1.04. The first-order valence-electron chi connectivity index (χ1n) is 7.76. The number of carbonyl (C=O) groups is 1. The Morgan fingerprint density at radius 2 is 1.09 bits per heavy atom. The van der Waals surface area contributed by atoms with Crippen LogP contribution in [0.5, 0.6) is 0 Å². The van der Waals surface area contributed by atoms with Crippen LogP contribution in [-0.4, -0.2) is 79.1 Å². The van der Waals surface area contributed by atoms with Crippen molar-refractivity contribution in [3.63, 3.8) is 0 Å². The maximum atomic E-state index is 11.0. The SMILES string of the molecule is CCCC(=O)OCCOCCOCCOCCOCCOC. The average Bonchev–Trinajstić information content (AvgIpc) is 2.51. The summed E-state index contributed by atoms with van der Waals surface area (Å²) < 4.78 is 31.0. The topological polar surface area (TPSA) is 72.5 Å². The van der Waals surface area contributed by atoms with E-state index in [0.717, 1.165) is 6.42 Å². The van der Waals surface area contributed by atoms with E-state index in [1.165, 1.54) is 0 Å². The summed E-state index contributed by atoms with van der Waals surface area (Å²) in [5.41, 5.74) is 0. The number of esters is 1. The van der Waals surface area contributed by atoms with E-state index in [-0.39, 0.29) is 5.97 Å². The van der Waals surface area contributed by atoms with E-state index in [1.54, 1.807) is 7.11 Å². The maximum absolute atomic E-state index is 11.0. The minimum Gasteiger partial charge on any atom is -0.463 e. The van der Waals surface area contributed by atoms with Crippen LogP contribution in [0.1, 0.15) is 19.8 Å². The van der Waals surface area contributed by atoms with Crippen LogP contribution in [0.25, 0.3) is 0 Å². The molecule has 0 unspecified atom stereocenters. The molecule has 0 bridgehead atoms. The molecule has 0 aliphatic rings. The van der Waals surface area contributed by atoms with E-state index in [9.17, 15) is 4.79 Å². The van der Waals surface area contributed by atoms with E-state index < -0.39 is 0 Å². The summed E-state index contributed by atoms with van der Waals surface area (Å²) in [6.45, 7) is 6.95. The molecule has 0 saturated carbocycles. The first-order chi connectivity index (χ1) is 10.8. The Labute approximate surface area is 133 Å². The van der Waals surface area contributed by atoms with Crippen molar-refractivity contribution in [1.29, 1.82) is 0 Å². The highest BCUT2D eigenvalue weighted by atomic mass is 16.6. The standard InChI is InChI=1S/C15H30O7/c1-3-4-15(16)22-14-13-21-12-11-20-10-9-19-8-7-18-6-5-17-2/h3-14H2,1-2H3. The first kappa shape index (κ1) is 21.3. The van der Waals surface area contributed by atoms with Crippen LogP contribution in [0.3, 0.4) is 0 Å². The van der Waals surface area contributed by atoms with Crippen molar-refractivity contribution in [3.8, 4) is 0 Å². The van der Waals surface area contributed by atoms with Gasteiger partial charge in [0.25, 0.3) is 0 Å². The van der Waals surface area contributed by atoms with Gasteiger partial charge in [-0.3, -0.25) is 4.79 Å². The molecular formula is C15H30O7. The van der Waals surface area contributed by atoms with Gasteiger partial charge >= 0.3 is 5.97 Å². The van der Waals surface area contributed by atoms with Gasteiger partial charge in [0.1, 0.15) is 6.61 Å². The second kappa shape index (κ2) is 18.3. The summed E-state index contributed by atoms with van der Waals surface area (Å²) in [7, 11) is 1.64. The molecule has 0 saturated heterocycles. The smallest absolute Gasteiger partial charge is 0.305 e. The molecule has 0 amide bonds. The van der Waals surface area contributed by atoms with Gasteiger partial charge in [0.05, 0.1) is 59.5 Å². The van der Waals surface area contributed by atoms with Gasteiger partial charge in [-0.25, -0.2) is 0 Å². The molecule has 0 aromatic heterocycles. The first-order valence-corrected chi connectivity index (χ1v) is 7.76. The molecule has 7 heteroatoms. The summed E-state index contributed by atoms with van der Waals surface area (Å²) in [5.74, 6) is -0.175. The van der Waals surface area contributed by atoms with Gasteiger partial charge < -0.3 is 28.4 Å². The number of rotatable bonds is 17. The fourth-order valence-electron chi connectivity index (χ4n) is 1.39. The fraction of sp³-hybridized carbons (Fsp3) is 0.933. The van der Waals surface area contributed by atoms with Crippen molar-refractivity contribution >= 4 is 5.97 Å². The normalized spacial score (nSPS) is 10.8. The summed E-state index contributed by atoms with van der Waals surface area (Å²) in [6, 6.07) is 0. The highest BCUT2D eigenvalue weighted by Gasteiger charge is 1.99. The van der Waals surface area contributed by atoms with Gasteiger partial charge in [0.2, 0.25) is 0 Å². The Bertz CT molecular complexity index is 236. The molecule has 0 aliphatic carbocycles. The van der Waals surface area contributed by atoms with E-state index in [4.69, 9.17) is 28.4 Å². The lowest BCUT2D eigenvalue weighted by molar-refractivity contribution is -0.145. The predicted molar refractivity (Wildman–Crippen MR) is 81.0 cm³/mol. The molecule has 0 aliphatic heterocycles. The summed E-state index contributed by atoms with van der Waals surface area (Å²) >= 11 is 0. The highest BCUT2D eigenvalue weighted by Crippen LogP contribution is 1.91. The quantitative estimate of drug-likeness (QED) is 0.293.